The minimum atomic E-state index is -0.736. The van der Waals surface area contributed by atoms with Gasteiger partial charge in [-0.15, -0.1) is 0 Å². The fraction of sp³-hybridized carbons (Fsp3) is 0.188. The van der Waals surface area contributed by atoms with Gasteiger partial charge in [-0.05, 0) is 12.0 Å². The Balaban J connectivity index is 2.00. The van der Waals surface area contributed by atoms with Crippen LogP contribution in [0.15, 0.2) is 42.5 Å². The molecule has 0 bridgehead atoms. The number of aryl methyl sites for hydroxylation is 1. The summed E-state index contributed by atoms with van der Waals surface area (Å²) in [6, 6.07) is 10.0. The summed E-state index contributed by atoms with van der Waals surface area (Å²) in [5.41, 5.74) is 1.65. The number of halogens is 2. The normalized spacial score (nSPS) is 10.3. The number of benzene rings is 2. The third kappa shape index (κ3) is 3.63. The molecule has 2 aromatic carbocycles. The minimum Gasteiger partial charge on any atom is -0.485 e. The lowest BCUT2D eigenvalue weighted by atomic mass is 10.1. The van der Waals surface area contributed by atoms with Crippen LogP contribution in [0.5, 0.6) is 5.75 Å². The zero-order valence-corrected chi connectivity index (χ0v) is 11.0. The Morgan fingerprint density at radius 2 is 1.65 bits per heavy atom. The van der Waals surface area contributed by atoms with Gasteiger partial charge in [-0.2, -0.15) is 0 Å². The number of Topliss-reactive ketones (excluding diaryl/α,β-unsaturated/α-hetero) is 1. The third-order valence-corrected chi connectivity index (χ3v) is 2.89. The molecule has 0 aliphatic rings. The average Bonchev–Trinajstić information content (AvgIpc) is 2.44. The van der Waals surface area contributed by atoms with E-state index in [-0.39, 0.29) is 18.1 Å². The lowest BCUT2D eigenvalue weighted by molar-refractivity contribution is 0.0921. The van der Waals surface area contributed by atoms with Crippen molar-refractivity contribution in [2.75, 3.05) is 6.61 Å². The molecule has 0 saturated heterocycles. The molecule has 0 aliphatic heterocycles. The van der Waals surface area contributed by atoms with Gasteiger partial charge in [0.15, 0.2) is 12.4 Å². The Kier molecular flexibility index (Phi) is 4.45. The molecule has 0 saturated carbocycles. The predicted octanol–water partition coefficient (Wildman–Crippen LogP) is 3.79. The van der Waals surface area contributed by atoms with Gasteiger partial charge in [-0.1, -0.05) is 31.2 Å². The molecule has 4 heteroatoms. The zero-order chi connectivity index (χ0) is 14.5. The van der Waals surface area contributed by atoms with Crippen LogP contribution in [-0.2, 0) is 6.42 Å². The van der Waals surface area contributed by atoms with Gasteiger partial charge in [0.2, 0.25) is 0 Å². The second-order valence-corrected chi connectivity index (χ2v) is 4.37. The highest BCUT2D eigenvalue weighted by molar-refractivity contribution is 5.97. The third-order valence-electron chi connectivity index (χ3n) is 2.89. The molecular weight excluding hydrogens is 262 g/mol. The van der Waals surface area contributed by atoms with Crippen LogP contribution in [0, 0.1) is 11.6 Å². The molecule has 0 radical (unpaired) electrons. The number of hydrogen-bond acceptors (Lipinski definition) is 2. The lowest BCUT2D eigenvalue weighted by Gasteiger charge is -2.06. The molecule has 0 atom stereocenters. The smallest absolute Gasteiger partial charge is 0.200 e. The largest absolute Gasteiger partial charge is 0.485 e. The summed E-state index contributed by atoms with van der Waals surface area (Å²) >= 11 is 0. The molecule has 0 amide bonds. The maximum atomic E-state index is 13.0. The highest BCUT2D eigenvalue weighted by atomic mass is 19.1. The van der Waals surface area contributed by atoms with Crippen LogP contribution >= 0.6 is 0 Å². The highest BCUT2D eigenvalue weighted by Crippen LogP contribution is 2.16. The molecule has 2 nitrogen and oxygen atoms in total. The lowest BCUT2D eigenvalue weighted by Crippen LogP contribution is -2.11. The topological polar surface area (TPSA) is 26.3 Å². The van der Waals surface area contributed by atoms with Crippen LogP contribution in [0.4, 0.5) is 8.78 Å². The van der Waals surface area contributed by atoms with Gasteiger partial charge in [0, 0.05) is 23.8 Å². The second kappa shape index (κ2) is 6.28. The first-order chi connectivity index (χ1) is 9.58. The molecule has 0 unspecified atom stereocenters. The van der Waals surface area contributed by atoms with E-state index in [0.29, 0.717) is 5.56 Å². The summed E-state index contributed by atoms with van der Waals surface area (Å²) in [7, 11) is 0. The van der Waals surface area contributed by atoms with Gasteiger partial charge < -0.3 is 4.74 Å². The Hall–Kier alpha value is -2.23. The molecule has 0 aromatic heterocycles. The molecule has 0 fully saturated rings. The first-order valence-corrected chi connectivity index (χ1v) is 6.29. The summed E-state index contributed by atoms with van der Waals surface area (Å²) in [5, 5.41) is 0. The van der Waals surface area contributed by atoms with Crippen LogP contribution in [0.2, 0.25) is 0 Å². The van der Waals surface area contributed by atoms with E-state index >= 15 is 0 Å². The Bertz CT molecular complexity index is 586. The first-order valence-electron chi connectivity index (χ1n) is 6.29. The quantitative estimate of drug-likeness (QED) is 0.777. The molecule has 0 spiro atoms. The molecule has 20 heavy (non-hydrogen) atoms. The van der Waals surface area contributed by atoms with Gasteiger partial charge in [0.25, 0.3) is 0 Å². The van der Waals surface area contributed by atoms with Crippen molar-refractivity contribution in [3.63, 3.8) is 0 Å². The Labute approximate surface area is 116 Å². The van der Waals surface area contributed by atoms with E-state index in [9.17, 15) is 13.6 Å². The van der Waals surface area contributed by atoms with Gasteiger partial charge >= 0.3 is 0 Å². The summed E-state index contributed by atoms with van der Waals surface area (Å²) in [4.78, 5) is 11.9. The van der Waals surface area contributed by atoms with E-state index < -0.39 is 11.6 Å². The van der Waals surface area contributed by atoms with Crippen molar-refractivity contribution in [3.8, 4) is 5.75 Å². The molecule has 2 aromatic rings. The SMILES string of the molecule is CCc1ccc(C(=O)COc2cc(F)cc(F)c2)cc1. The maximum Gasteiger partial charge on any atom is 0.200 e. The molecule has 0 N–H and O–H groups in total. The second-order valence-electron chi connectivity index (χ2n) is 4.37. The van der Waals surface area contributed by atoms with Gasteiger partial charge in [0.1, 0.15) is 17.4 Å². The zero-order valence-electron chi connectivity index (χ0n) is 11.0. The first kappa shape index (κ1) is 14.2. The van der Waals surface area contributed by atoms with Gasteiger partial charge in [-0.25, -0.2) is 8.78 Å². The number of hydrogen-bond donors (Lipinski definition) is 0. The van der Waals surface area contributed by atoms with E-state index in [1.54, 1.807) is 12.1 Å². The van der Waals surface area contributed by atoms with E-state index in [1.807, 2.05) is 19.1 Å². The van der Waals surface area contributed by atoms with Crippen LogP contribution in [0.25, 0.3) is 0 Å². The standard InChI is InChI=1S/C16H14F2O2/c1-2-11-3-5-12(6-4-11)16(19)10-20-15-8-13(17)7-14(18)9-15/h3-9H,2,10H2,1H3. The average molecular weight is 276 g/mol. The van der Waals surface area contributed by atoms with Crippen molar-refractivity contribution >= 4 is 5.78 Å². The highest BCUT2D eigenvalue weighted by Gasteiger charge is 2.08. The van der Waals surface area contributed by atoms with Crippen LogP contribution in [-0.4, -0.2) is 12.4 Å². The van der Waals surface area contributed by atoms with Crippen LogP contribution in [0.1, 0.15) is 22.8 Å². The summed E-state index contributed by atoms with van der Waals surface area (Å²) in [6.45, 7) is 1.77. The summed E-state index contributed by atoms with van der Waals surface area (Å²) < 4.78 is 31.0. The Morgan fingerprint density at radius 3 is 2.20 bits per heavy atom. The van der Waals surface area contributed by atoms with E-state index in [1.165, 1.54) is 0 Å². The molecule has 0 aliphatic carbocycles. The number of ketones is 1. The molecular formula is C16H14F2O2. The van der Waals surface area contributed by atoms with E-state index in [4.69, 9.17) is 4.74 Å². The van der Waals surface area contributed by atoms with Crippen LogP contribution in [0.3, 0.4) is 0 Å². The number of carbonyl (C=O) groups is 1. The summed E-state index contributed by atoms with van der Waals surface area (Å²) in [5.74, 6) is -1.71. The summed E-state index contributed by atoms with van der Waals surface area (Å²) in [6.07, 6.45) is 0.896. The fourth-order valence-electron chi connectivity index (χ4n) is 1.77. The van der Waals surface area contributed by atoms with Crippen molar-refractivity contribution in [2.24, 2.45) is 0 Å². The number of ether oxygens (including phenoxy) is 1. The van der Waals surface area contributed by atoms with Crippen molar-refractivity contribution in [3.05, 3.63) is 65.2 Å². The molecule has 2 rings (SSSR count). The van der Waals surface area contributed by atoms with Crippen molar-refractivity contribution in [1.29, 1.82) is 0 Å². The van der Waals surface area contributed by atoms with Crippen LogP contribution < -0.4 is 4.74 Å². The fourth-order valence-corrected chi connectivity index (χ4v) is 1.77. The van der Waals surface area contributed by atoms with Crippen molar-refractivity contribution in [2.45, 2.75) is 13.3 Å². The van der Waals surface area contributed by atoms with Gasteiger partial charge in [0.05, 0.1) is 0 Å². The Morgan fingerprint density at radius 1 is 1.05 bits per heavy atom. The van der Waals surface area contributed by atoms with E-state index in [2.05, 4.69) is 0 Å². The minimum absolute atomic E-state index is 0.000952. The molecule has 0 heterocycles. The molecule has 104 valence electrons. The number of rotatable bonds is 5. The predicted molar refractivity (Wildman–Crippen MR) is 72.0 cm³/mol. The van der Waals surface area contributed by atoms with Crippen molar-refractivity contribution in [1.82, 2.24) is 0 Å². The maximum absolute atomic E-state index is 13.0. The number of carbonyl (C=O) groups excluding carboxylic acids is 1. The van der Waals surface area contributed by atoms with Gasteiger partial charge in [-0.3, -0.25) is 4.79 Å². The van der Waals surface area contributed by atoms with Crippen molar-refractivity contribution < 1.29 is 18.3 Å². The monoisotopic (exact) mass is 276 g/mol. The van der Waals surface area contributed by atoms with E-state index in [0.717, 1.165) is 30.2 Å².